The van der Waals surface area contributed by atoms with E-state index in [2.05, 4.69) is 10.3 Å². The van der Waals surface area contributed by atoms with Gasteiger partial charge < -0.3 is 10.1 Å². The number of nitrogens with zero attached hydrogens (tertiary/aromatic N) is 1. The van der Waals surface area contributed by atoms with Crippen molar-refractivity contribution in [2.75, 3.05) is 11.9 Å². The molecule has 0 saturated heterocycles. The molecule has 0 unspecified atom stereocenters. The average molecular weight is 312 g/mol. The number of anilines is 1. The standard InChI is InChI=1S/C17H16N2O2S/c1-2-21-16-8-4-6-13(18-16)11-15(20)19-14-7-3-5-12-9-10-22-17(12)14/h3-10H,2,11H2,1H3,(H,19,20). The number of pyridine rings is 1. The normalized spacial score (nSPS) is 10.6. The minimum absolute atomic E-state index is 0.0814. The van der Waals surface area contributed by atoms with Crippen LogP contribution in [0.15, 0.2) is 47.8 Å². The van der Waals surface area contributed by atoms with Crippen LogP contribution in [0, 0.1) is 0 Å². The Morgan fingerprint density at radius 2 is 2.09 bits per heavy atom. The molecule has 0 atom stereocenters. The van der Waals surface area contributed by atoms with Crippen molar-refractivity contribution < 1.29 is 9.53 Å². The number of hydrogen-bond acceptors (Lipinski definition) is 4. The highest BCUT2D eigenvalue weighted by Crippen LogP contribution is 2.28. The lowest BCUT2D eigenvalue weighted by Gasteiger charge is -2.07. The molecule has 1 amide bonds. The van der Waals surface area contributed by atoms with E-state index >= 15 is 0 Å². The lowest BCUT2D eigenvalue weighted by atomic mass is 10.2. The third-order valence-electron chi connectivity index (χ3n) is 3.17. The summed E-state index contributed by atoms with van der Waals surface area (Å²) in [4.78, 5) is 16.5. The zero-order valence-corrected chi connectivity index (χ0v) is 13.0. The molecule has 2 heterocycles. The Morgan fingerprint density at radius 1 is 1.23 bits per heavy atom. The van der Waals surface area contributed by atoms with Crippen molar-refractivity contribution in [3.8, 4) is 5.88 Å². The van der Waals surface area contributed by atoms with Gasteiger partial charge in [0.1, 0.15) is 0 Å². The number of carbonyl (C=O) groups excluding carboxylic acids is 1. The van der Waals surface area contributed by atoms with Gasteiger partial charge in [0.05, 0.1) is 29.1 Å². The van der Waals surface area contributed by atoms with Crippen molar-refractivity contribution >= 4 is 33.0 Å². The molecule has 1 aromatic carbocycles. The predicted molar refractivity (Wildman–Crippen MR) is 89.6 cm³/mol. The minimum Gasteiger partial charge on any atom is -0.478 e. The van der Waals surface area contributed by atoms with E-state index in [1.165, 1.54) is 0 Å². The number of benzene rings is 1. The lowest BCUT2D eigenvalue weighted by Crippen LogP contribution is -2.15. The van der Waals surface area contributed by atoms with Crippen LogP contribution in [0.4, 0.5) is 5.69 Å². The van der Waals surface area contributed by atoms with Gasteiger partial charge in [-0.2, -0.15) is 0 Å². The Bertz CT molecular complexity index is 798. The molecule has 0 spiro atoms. The molecule has 3 rings (SSSR count). The molecule has 0 bridgehead atoms. The molecule has 22 heavy (non-hydrogen) atoms. The number of hydrogen-bond donors (Lipinski definition) is 1. The van der Waals surface area contributed by atoms with Crippen LogP contribution in [0.25, 0.3) is 10.1 Å². The van der Waals surface area contributed by atoms with Crippen molar-refractivity contribution in [2.45, 2.75) is 13.3 Å². The van der Waals surface area contributed by atoms with Crippen molar-refractivity contribution in [1.82, 2.24) is 4.98 Å². The van der Waals surface area contributed by atoms with Gasteiger partial charge in [-0.3, -0.25) is 4.79 Å². The summed E-state index contributed by atoms with van der Waals surface area (Å²) in [6.07, 6.45) is 0.225. The van der Waals surface area contributed by atoms with E-state index in [4.69, 9.17) is 4.74 Å². The van der Waals surface area contributed by atoms with Gasteiger partial charge in [-0.25, -0.2) is 4.98 Å². The highest BCUT2D eigenvalue weighted by atomic mass is 32.1. The van der Waals surface area contributed by atoms with E-state index in [1.807, 2.05) is 48.7 Å². The van der Waals surface area contributed by atoms with Crippen LogP contribution >= 0.6 is 11.3 Å². The fraction of sp³-hybridized carbons (Fsp3) is 0.176. The summed E-state index contributed by atoms with van der Waals surface area (Å²) in [7, 11) is 0. The van der Waals surface area contributed by atoms with Crippen LogP contribution in [0.1, 0.15) is 12.6 Å². The van der Waals surface area contributed by atoms with E-state index in [-0.39, 0.29) is 12.3 Å². The first-order valence-corrected chi connectivity index (χ1v) is 7.99. The van der Waals surface area contributed by atoms with E-state index in [9.17, 15) is 4.79 Å². The second-order valence-corrected chi connectivity index (χ2v) is 5.69. The van der Waals surface area contributed by atoms with Crippen LogP contribution in [0.5, 0.6) is 5.88 Å². The minimum atomic E-state index is -0.0814. The number of amides is 1. The SMILES string of the molecule is CCOc1cccc(CC(=O)Nc2cccc3ccsc23)n1. The van der Waals surface area contributed by atoms with E-state index in [0.29, 0.717) is 18.2 Å². The molecule has 0 aliphatic heterocycles. The zero-order valence-electron chi connectivity index (χ0n) is 12.2. The monoisotopic (exact) mass is 312 g/mol. The molecule has 1 N–H and O–H groups in total. The fourth-order valence-corrected chi connectivity index (χ4v) is 3.10. The predicted octanol–water partition coefficient (Wildman–Crippen LogP) is 3.88. The Kier molecular flexibility index (Phi) is 4.34. The fourth-order valence-electron chi connectivity index (χ4n) is 2.23. The number of carbonyl (C=O) groups is 1. The molecule has 5 heteroatoms. The second-order valence-electron chi connectivity index (χ2n) is 4.77. The van der Waals surface area contributed by atoms with Crippen LogP contribution in [0.3, 0.4) is 0 Å². The number of thiophene rings is 1. The van der Waals surface area contributed by atoms with Crippen molar-refractivity contribution in [3.63, 3.8) is 0 Å². The Balaban J connectivity index is 1.72. The number of nitrogens with one attached hydrogen (secondary N) is 1. The first kappa shape index (κ1) is 14.5. The van der Waals surface area contributed by atoms with Gasteiger partial charge in [0.2, 0.25) is 11.8 Å². The van der Waals surface area contributed by atoms with Gasteiger partial charge in [-0.05, 0) is 35.9 Å². The van der Waals surface area contributed by atoms with E-state index in [1.54, 1.807) is 17.4 Å². The molecule has 4 nitrogen and oxygen atoms in total. The van der Waals surface area contributed by atoms with E-state index in [0.717, 1.165) is 15.8 Å². The Morgan fingerprint density at radius 3 is 2.95 bits per heavy atom. The summed E-state index contributed by atoms with van der Waals surface area (Å²) in [5, 5.41) is 6.12. The summed E-state index contributed by atoms with van der Waals surface area (Å²) < 4.78 is 6.44. The molecule has 0 aliphatic rings. The Labute approximate surface area is 132 Å². The summed E-state index contributed by atoms with van der Waals surface area (Å²) in [6.45, 7) is 2.46. The summed E-state index contributed by atoms with van der Waals surface area (Å²) >= 11 is 1.62. The summed E-state index contributed by atoms with van der Waals surface area (Å²) in [6, 6.07) is 13.4. The Hall–Kier alpha value is -2.40. The molecular weight excluding hydrogens is 296 g/mol. The topological polar surface area (TPSA) is 51.2 Å². The average Bonchev–Trinajstić information content (AvgIpc) is 2.97. The third-order valence-corrected chi connectivity index (χ3v) is 4.13. The number of rotatable bonds is 5. The van der Waals surface area contributed by atoms with Crippen LogP contribution in [-0.4, -0.2) is 17.5 Å². The molecular formula is C17H16N2O2S. The number of aromatic nitrogens is 1. The number of ether oxygens (including phenoxy) is 1. The molecule has 112 valence electrons. The van der Waals surface area contributed by atoms with E-state index < -0.39 is 0 Å². The van der Waals surface area contributed by atoms with Crippen LogP contribution in [0.2, 0.25) is 0 Å². The first-order valence-electron chi connectivity index (χ1n) is 7.11. The summed E-state index contributed by atoms with van der Waals surface area (Å²) in [5.41, 5.74) is 1.54. The van der Waals surface area contributed by atoms with Gasteiger partial charge in [0.25, 0.3) is 0 Å². The van der Waals surface area contributed by atoms with Crippen molar-refractivity contribution in [2.24, 2.45) is 0 Å². The molecule has 2 aromatic heterocycles. The van der Waals surface area contributed by atoms with Crippen molar-refractivity contribution in [3.05, 3.63) is 53.5 Å². The highest BCUT2D eigenvalue weighted by molar-refractivity contribution is 7.17. The second kappa shape index (κ2) is 6.58. The number of fused-ring (bicyclic) bond motifs is 1. The first-order chi connectivity index (χ1) is 10.8. The molecule has 0 radical (unpaired) electrons. The smallest absolute Gasteiger partial charge is 0.230 e. The lowest BCUT2D eigenvalue weighted by molar-refractivity contribution is -0.115. The maximum atomic E-state index is 12.2. The molecule has 3 aromatic rings. The molecule has 0 fully saturated rings. The molecule has 0 saturated carbocycles. The maximum absolute atomic E-state index is 12.2. The van der Waals surface area contributed by atoms with Crippen LogP contribution < -0.4 is 10.1 Å². The summed E-state index contributed by atoms with van der Waals surface area (Å²) in [5.74, 6) is 0.468. The van der Waals surface area contributed by atoms with Gasteiger partial charge in [-0.1, -0.05) is 18.2 Å². The zero-order chi connectivity index (χ0) is 15.4. The van der Waals surface area contributed by atoms with Gasteiger partial charge >= 0.3 is 0 Å². The van der Waals surface area contributed by atoms with Gasteiger partial charge in [0, 0.05) is 6.07 Å². The highest BCUT2D eigenvalue weighted by Gasteiger charge is 2.09. The maximum Gasteiger partial charge on any atom is 0.230 e. The quantitative estimate of drug-likeness (QED) is 0.778. The van der Waals surface area contributed by atoms with Gasteiger partial charge in [-0.15, -0.1) is 11.3 Å². The van der Waals surface area contributed by atoms with Crippen LogP contribution in [-0.2, 0) is 11.2 Å². The molecule has 0 aliphatic carbocycles. The van der Waals surface area contributed by atoms with Crippen molar-refractivity contribution in [1.29, 1.82) is 0 Å². The largest absolute Gasteiger partial charge is 0.478 e. The third kappa shape index (κ3) is 3.26. The van der Waals surface area contributed by atoms with Gasteiger partial charge in [0.15, 0.2) is 0 Å².